The Morgan fingerprint density at radius 2 is 1.21 bits per heavy atom. The first-order valence-electron chi connectivity index (χ1n) is 11.8. The van der Waals surface area contributed by atoms with Gasteiger partial charge in [-0.25, -0.2) is 4.79 Å². The van der Waals surface area contributed by atoms with Crippen molar-refractivity contribution in [3.63, 3.8) is 0 Å². The standard InChI is InChI=1S/C25H42O4/c1-2-3-4-5-6-7-8-9-10-11-12-13-14-15-16-17-21-29-23-20-18-19-22(26)24(23)25(27)28/h18-20,26H,2-17,21H2,1H3,(H,27,28). The molecule has 0 saturated heterocycles. The Morgan fingerprint density at radius 1 is 0.759 bits per heavy atom. The van der Waals surface area contributed by atoms with Crippen LogP contribution >= 0.6 is 0 Å². The van der Waals surface area contributed by atoms with E-state index in [1.807, 2.05) is 0 Å². The number of carbonyl (C=O) groups is 1. The van der Waals surface area contributed by atoms with Crippen LogP contribution in [0, 0.1) is 0 Å². The predicted octanol–water partition coefficient (Wildman–Crippen LogP) is 7.73. The fourth-order valence-corrected chi connectivity index (χ4v) is 3.69. The average molecular weight is 407 g/mol. The maximum absolute atomic E-state index is 11.2. The van der Waals surface area contributed by atoms with Crippen molar-refractivity contribution in [1.82, 2.24) is 0 Å². The molecule has 0 aliphatic heterocycles. The van der Waals surface area contributed by atoms with E-state index >= 15 is 0 Å². The molecule has 0 saturated carbocycles. The van der Waals surface area contributed by atoms with Gasteiger partial charge < -0.3 is 14.9 Å². The fourth-order valence-electron chi connectivity index (χ4n) is 3.69. The van der Waals surface area contributed by atoms with Gasteiger partial charge in [0.1, 0.15) is 17.1 Å². The molecule has 0 heterocycles. The molecular weight excluding hydrogens is 364 g/mol. The molecule has 0 fully saturated rings. The lowest BCUT2D eigenvalue weighted by Gasteiger charge is -2.10. The quantitative estimate of drug-likeness (QED) is 0.231. The molecule has 2 N–H and O–H groups in total. The topological polar surface area (TPSA) is 66.8 Å². The summed E-state index contributed by atoms with van der Waals surface area (Å²) in [7, 11) is 0. The van der Waals surface area contributed by atoms with Crippen LogP contribution in [0.2, 0.25) is 0 Å². The summed E-state index contributed by atoms with van der Waals surface area (Å²) in [5.41, 5.74) is -0.149. The average Bonchev–Trinajstić information content (AvgIpc) is 2.70. The van der Waals surface area contributed by atoms with Gasteiger partial charge in [-0.2, -0.15) is 0 Å². The number of rotatable bonds is 19. The minimum Gasteiger partial charge on any atom is -0.507 e. The summed E-state index contributed by atoms with van der Waals surface area (Å²) in [5.74, 6) is -1.16. The van der Waals surface area contributed by atoms with E-state index in [0.29, 0.717) is 6.61 Å². The first kappa shape index (κ1) is 25.3. The highest BCUT2D eigenvalue weighted by atomic mass is 16.5. The minimum absolute atomic E-state index is 0.149. The number of carboxylic acid groups (broad SMARTS) is 1. The second-order valence-electron chi connectivity index (χ2n) is 8.11. The molecule has 0 aliphatic rings. The molecule has 0 amide bonds. The lowest BCUT2D eigenvalue weighted by atomic mass is 10.0. The van der Waals surface area contributed by atoms with Gasteiger partial charge >= 0.3 is 5.97 Å². The van der Waals surface area contributed by atoms with Crippen molar-refractivity contribution in [1.29, 1.82) is 0 Å². The Bertz CT molecular complexity index is 542. The second kappa shape index (κ2) is 17.2. The third-order valence-electron chi connectivity index (χ3n) is 5.47. The summed E-state index contributed by atoms with van der Waals surface area (Å²) in [6, 6.07) is 4.56. The summed E-state index contributed by atoms with van der Waals surface area (Å²) >= 11 is 0. The van der Waals surface area contributed by atoms with Crippen molar-refractivity contribution < 1.29 is 19.7 Å². The highest BCUT2D eigenvalue weighted by Gasteiger charge is 2.15. The molecule has 1 rings (SSSR count). The summed E-state index contributed by atoms with van der Waals surface area (Å²) in [6.45, 7) is 2.76. The van der Waals surface area contributed by atoms with E-state index in [-0.39, 0.29) is 17.1 Å². The van der Waals surface area contributed by atoms with Gasteiger partial charge in [-0.15, -0.1) is 0 Å². The zero-order valence-corrected chi connectivity index (χ0v) is 18.5. The number of aromatic hydroxyl groups is 1. The van der Waals surface area contributed by atoms with Crippen LogP contribution in [0.4, 0.5) is 0 Å². The first-order valence-corrected chi connectivity index (χ1v) is 11.8. The summed E-state index contributed by atoms with van der Waals surface area (Å²) in [6.07, 6.45) is 21.1. The molecular formula is C25H42O4. The molecule has 0 unspecified atom stereocenters. The lowest BCUT2D eigenvalue weighted by molar-refractivity contribution is 0.0688. The number of carboxylic acids is 1. The highest BCUT2D eigenvalue weighted by molar-refractivity contribution is 5.93. The number of hydrogen-bond donors (Lipinski definition) is 2. The molecule has 0 spiro atoms. The zero-order chi connectivity index (χ0) is 21.2. The molecule has 1 aromatic carbocycles. The van der Waals surface area contributed by atoms with Crippen LogP contribution in [0.25, 0.3) is 0 Å². The minimum atomic E-state index is -1.16. The Hall–Kier alpha value is -1.71. The number of phenols is 1. The molecule has 1 aromatic rings. The van der Waals surface area contributed by atoms with Crippen LogP contribution in [0.15, 0.2) is 18.2 Å². The van der Waals surface area contributed by atoms with Crippen molar-refractivity contribution in [2.75, 3.05) is 6.61 Å². The van der Waals surface area contributed by atoms with Gasteiger partial charge in [0, 0.05) is 0 Å². The van der Waals surface area contributed by atoms with Gasteiger partial charge in [0.05, 0.1) is 6.61 Å². The Balaban J connectivity index is 1.89. The van der Waals surface area contributed by atoms with E-state index < -0.39 is 5.97 Å². The second-order valence-corrected chi connectivity index (χ2v) is 8.11. The van der Waals surface area contributed by atoms with Gasteiger partial charge in [-0.3, -0.25) is 0 Å². The van der Waals surface area contributed by atoms with Gasteiger partial charge in [0.15, 0.2) is 0 Å². The van der Waals surface area contributed by atoms with E-state index in [2.05, 4.69) is 6.92 Å². The molecule has 166 valence electrons. The smallest absolute Gasteiger partial charge is 0.343 e. The summed E-state index contributed by atoms with van der Waals surface area (Å²) < 4.78 is 5.56. The third-order valence-corrected chi connectivity index (χ3v) is 5.47. The third kappa shape index (κ3) is 12.5. The van der Waals surface area contributed by atoms with Crippen LogP contribution in [0.5, 0.6) is 11.5 Å². The van der Waals surface area contributed by atoms with Gasteiger partial charge in [-0.05, 0) is 18.6 Å². The van der Waals surface area contributed by atoms with Gasteiger partial charge in [0.25, 0.3) is 0 Å². The van der Waals surface area contributed by atoms with Crippen molar-refractivity contribution in [3.8, 4) is 11.5 Å². The molecule has 4 nitrogen and oxygen atoms in total. The van der Waals surface area contributed by atoms with E-state index in [1.54, 1.807) is 12.1 Å². The van der Waals surface area contributed by atoms with Crippen molar-refractivity contribution in [3.05, 3.63) is 23.8 Å². The van der Waals surface area contributed by atoms with Crippen LogP contribution in [-0.2, 0) is 0 Å². The van der Waals surface area contributed by atoms with Gasteiger partial charge in [-0.1, -0.05) is 109 Å². The predicted molar refractivity (Wildman–Crippen MR) is 120 cm³/mol. The molecule has 0 bridgehead atoms. The van der Waals surface area contributed by atoms with Crippen molar-refractivity contribution >= 4 is 5.97 Å². The van der Waals surface area contributed by atoms with E-state index in [0.717, 1.165) is 12.8 Å². The number of hydrogen-bond acceptors (Lipinski definition) is 3. The lowest BCUT2D eigenvalue weighted by Crippen LogP contribution is -2.04. The van der Waals surface area contributed by atoms with Crippen LogP contribution in [0.1, 0.15) is 120 Å². The Morgan fingerprint density at radius 3 is 1.66 bits per heavy atom. The van der Waals surface area contributed by atoms with Crippen LogP contribution in [-0.4, -0.2) is 22.8 Å². The first-order chi connectivity index (χ1) is 14.2. The maximum Gasteiger partial charge on any atom is 0.343 e. The molecule has 0 aromatic heterocycles. The monoisotopic (exact) mass is 406 g/mol. The Labute approximate surface area is 177 Å². The SMILES string of the molecule is CCCCCCCCCCCCCCCCCCOc1cccc(O)c1C(=O)O. The molecule has 4 heteroatoms. The molecule has 0 radical (unpaired) electrons. The largest absolute Gasteiger partial charge is 0.507 e. The van der Waals surface area contributed by atoms with Crippen molar-refractivity contribution in [2.24, 2.45) is 0 Å². The number of benzene rings is 1. The molecule has 29 heavy (non-hydrogen) atoms. The fraction of sp³-hybridized carbons (Fsp3) is 0.720. The van der Waals surface area contributed by atoms with E-state index in [4.69, 9.17) is 9.84 Å². The molecule has 0 atom stereocenters. The highest BCUT2D eigenvalue weighted by Crippen LogP contribution is 2.27. The normalized spacial score (nSPS) is 10.9. The summed E-state index contributed by atoms with van der Waals surface area (Å²) in [5, 5.41) is 18.8. The summed E-state index contributed by atoms with van der Waals surface area (Å²) in [4.78, 5) is 11.2. The number of unbranched alkanes of at least 4 members (excludes halogenated alkanes) is 15. The molecule has 0 aliphatic carbocycles. The maximum atomic E-state index is 11.2. The number of aromatic carboxylic acids is 1. The van der Waals surface area contributed by atoms with Gasteiger partial charge in [0.2, 0.25) is 0 Å². The Kier molecular flexibility index (Phi) is 15.0. The number of ether oxygens (including phenoxy) is 1. The van der Waals surface area contributed by atoms with E-state index in [1.165, 1.54) is 96.0 Å². The van der Waals surface area contributed by atoms with Crippen LogP contribution in [0.3, 0.4) is 0 Å². The zero-order valence-electron chi connectivity index (χ0n) is 18.5. The van der Waals surface area contributed by atoms with Crippen molar-refractivity contribution in [2.45, 2.75) is 110 Å². The van der Waals surface area contributed by atoms with E-state index in [9.17, 15) is 9.90 Å². The van der Waals surface area contributed by atoms with Crippen LogP contribution < -0.4 is 4.74 Å².